The zero-order valence-electron chi connectivity index (χ0n) is 91.0. The second-order valence-corrected chi connectivity index (χ2v) is 43.6. The highest BCUT2D eigenvalue weighted by atomic mass is 32.1. The van der Waals surface area contributed by atoms with Crippen molar-refractivity contribution in [2.24, 2.45) is 0 Å². The largest absolute Gasteiger partial charge is 0.470 e. The molecule has 3 aromatic heterocycles. The summed E-state index contributed by atoms with van der Waals surface area (Å²) >= 11 is 2.02. The Bertz CT molecular complexity index is 9480. The fourth-order valence-electron chi connectivity index (χ4n) is 23.6. The average Bonchev–Trinajstić information content (AvgIpc) is 1.49. The van der Waals surface area contributed by atoms with E-state index in [4.69, 9.17) is 25.0 Å². The van der Waals surface area contributed by atoms with E-state index in [1.54, 1.807) is 6.07 Å². The van der Waals surface area contributed by atoms with Crippen LogP contribution in [0.15, 0.2) is 453 Å². The number of nitrogens with zero attached hydrogens (tertiary/aromatic N) is 3. The molecule has 0 aliphatic carbocycles. The van der Waals surface area contributed by atoms with E-state index in [0.717, 1.165) is 94.6 Å². The third-order valence-corrected chi connectivity index (χ3v) is 35.5. The Labute approximate surface area is 826 Å². The van der Waals surface area contributed by atoms with Gasteiger partial charge in [-0.3, -0.25) is 0 Å². The maximum Gasteiger partial charge on any atom is 0.290 e. The van der Waals surface area contributed by atoms with Crippen LogP contribution in [0.3, 0.4) is 0 Å². The van der Waals surface area contributed by atoms with Gasteiger partial charge >= 0.3 is 0 Å². The molecular weight excluding hydrogens is 1690 g/mol. The van der Waals surface area contributed by atoms with Crippen LogP contribution < -0.4 is 68.6 Å². The summed E-state index contributed by atoms with van der Waals surface area (Å²) in [5.74, 6) is 0. The van der Waals surface area contributed by atoms with Gasteiger partial charge in [-0.15, -0.1) is 11.3 Å². The van der Waals surface area contributed by atoms with Gasteiger partial charge < -0.3 is 18.8 Å². The number of anilines is 6. The Hall–Kier alpha value is -15.8. The minimum absolute atomic E-state index is 0.0577. The lowest BCUT2D eigenvalue weighted by atomic mass is 9.39. The van der Waals surface area contributed by atoms with Crippen molar-refractivity contribution in [1.29, 1.82) is 0 Å². The van der Waals surface area contributed by atoms with E-state index >= 15 is 0 Å². The monoisotopic (exact) mass is 1790 g/mol. The van der Waals surface area contributed by atoms with Crippen LogP contribution in [-0.4, -0.2) is 32.8 Å². The Kier molecular flexibility index (Phi) is 15.1. The van der Waals surface area contributed by atoms with Crippen molar-refractivity contribution < 1.29 is 25.0 Å². The van der Waals surface area contributed by atoms with Crippen molar-refractivity contribution in [2.45, 2.75) is 52.4 Å². The molecule has 137 heavy (non-hydrogen) atoms. The molecule has 9 heteroatoms. The summed E-state index contributed by atoms with van der Waals surface area (Å²) in [6, 6.07) is 120. The molecule has 0 radical (unpaired) electrons. The van der Waals surface area contributed by atoms with E-state index in [2.05, 4.69) is 306 Å². The molecule has 0 spiro atoms. The summed E-state index contributed by atoms with van der Waals surface area (Å²) in [6.45, 7) is 14.0. The molecule has 0 atom stereocenters. The van der Waals surface area contributed by atoms with Gasteiger partial charge in [-0.25, -0.2) is 0 Å². The van der Waals surface area contributed by atoms with Gasteiger partial charge in [0.15, 0.2) is 8.07 Å². The molecule has 29 rings (SSSR count). The fourth-order valence-corrected chi connectivity index (χ4v) is 30.4. The number of thiophene rings is 1. The first kappa shape index (κ1) is 66.6. The van der Waals surface area contributed by atoms with Gasteiger partial charge in [0.25, 0.3) is 13.4 Å². The van der Waals surface area contributed by atoms with Gasteiger partial charge in [0, 0.05) is 66.2 Å². The van der Waals surface area contributed by atoms with E-state index < -0.39 is 74.5 Å². The SMILES string of the molecule is CC(C)(C)c1cc2c3c(c1)-c1c(sc4cc(C(C)(C)C)ccc14)B3c1ccc(-n3c4ccccc4c4ccccc43)cc1-2.[2H]c1c([2H])c([2H])c(-c2cc3c4c(c2)-c2c(oc5ccccc25)B4c2ccc(N(c4ccccc4)c4ccccc4)cc2-3)c([2H])c1[2H].[2H]c1c([2H])c([2H])c(N(c2ccc3c(c2)-c2cc(-c4ccccc4)cc4c2B3C2=C4[Si](c3ccccc3)(c3ccccc3)c3ccccc32)c2c([2H])c([2H])c([2H])c([2H])c2[2H])c([2H])c1[2H]. The molecule has 0 amide bonds. The summed E-state index contributed by atoms with van der Waals surface area (Å²) in [5, 5.41) is 10.3. The Morgan fingerprint density at radius 2 is 0.774 bits per heavy atom. The standard InChI is InChI=1S/C50H34BNSi.C40H34BNS.C38H24BNO/c1-6-18-35(19-7-1)36-32-44-43-34-39(52(37-20-8-2-9-21-37)38-22-10-3-11-23-38)30-31-46(43)51-48(44)45(33-36)50-49(51)42-28-16-17-29-47(42)53(50,40-24-12-4-13-25-40)41-26-14-5-15-27-41;1-39(2,3)23-15-17-28-35(21-23)43-38-36(28)31-20-24(40(4,5)6)19-30-29-22-25(16-18-32(29)41(38)37(30)31)42-33-13-9-7-11-26(33)27-12-8-10-14-34(27)42;1-4-12-25(13-5-1)26-22-32-31-24-29(40(27-14-6-2-7-15-27)28-16-8-3-9-17-28)20-21-34(31)39-37(32)33(23-26)36-30-18-10-11-19-35(30)41-38(36)39/h1-34H;7-22H,1-6H3;1-24H/i2D,3D,8D,9D,10D,11D,20D,21D,22D,23D;;1D,4D,5D,12D,13D. The van der Waals surface area contributed by atoms with E-state index in [0.29, 0.717) is 12.3 Å². The van der Waals surface area contributed by atoms with Crippen LogP contribution in [-0.2, 0) is 10.8 Å². The lowest BCUT2D eigenvalue weighted by Crippen LogP contribution is -2.67. The molecule has 0 unspecified atom stereocenters. The molecule has 22 aromatic rings. The number of rotatable bonds is 11. The van der Waals surface area contributed by atoms with Crippen LogP contribution in [0.25, 0.3) is 137 Å². The normalized spacial score (nSPS) is 15.0. The van der Waals surface area contributed by atoms with Gasteiger partial charge in [0.1, 0.15) is 5.58 Å². The van der Waals surface area contributed by atoms with Gasteiger partial charge in [-0.2, -0.15) is 0 Å². The molecule has 0 saturated heterocycles. The smallest absolute Gasteiger partial charge is 0.290 e. The maximum atomic E-state index is 9.08. The highest BCUT2D eigenvalue weighted by molar-refractivity contribution is 7.34. The molecule has 4 nitrogen and oxygen atoms in total. The molecule has 19 aromatic carbocycles. The molecule has 10 heterocycles. The highest BCUT2D eigenvalue weighted by Crippen LogP contribution is 2.53. The van der Waals surface area contributed by atoms with Crippen LogP contribution in [0, 0.1) is 0 Å². The van der Waals surface area contributed by atoms with E-state index in [9.17, 15) is 0 Å². The number of furan rings is 1. The molecular formula is C128H92B3N3OSSi. The summed E-state index contributed by atoms with van der Waals surface area (Å²) in [7, 11) is -2.95. The number of para-hydroxylation sites is 7. The third kappa shape index (κ3) is 12.4. The molecule has 0 saturated carbocycles. The first-order valence-corrected chi connectivity index (χ1v) is 49.8. The highest BCUT2D eigenvalue weighted by Gasteiger charge is 2.59. The lowest BCUT2D eigenvalue weighted by molar-refractivity contribution is 0.590. The number of fused-ring (bicyclic) bond motifs is 26. The maximum absolute atomic E-state index is 9.08. The molecule has 0 bridgehead atoms. The van der Waals surface area contributed by atoms with Crippen molar-refractivity contribution in [3.05, 3.63) is 471 Å². The Morgan fingerprint density at radius 1 is 0.314 bits per heavy atom. The van der Waals surface area contributed by atoms with Gasteiger partial charge in [0.2, 0.25) is 6.71 Å². The van der Waals surface area contributed by atoms with Crippen molar-refractivity contribution in [3.8, 4) is 83.6 Å². The molecule has 0 fully saturated rings. The van der Waals surface area contributed by atoms with Crippen LogP contribution in [0.5, 0.6) is 0 Å². The zero-order chi connectivity index (χ0) is 104. The molecule has 7 aliphatic rings. The number of hydrogen-bond acceptors (Lipinski definition) is 4. The molecule has 644 valence electrons. The van der Waals surface area contributed by atoms with Crippen LogP contribution in [0.2, 0.25) is 0 Å². The lowest BCUT2D eigenvalue weighted by Gasteiger charge is -2.34. The van der Waals surface area contributed by atoms with Gasteiger partial charge in [-0.1, -0.05) is 390 Å². The third-order valence-electron chi connectivity index (χ3n) is 29.4. The zero-order valence-corrected chi connectivity index (χ0v) is 77.8. The van der Waals surface area contributed by atoms with Crippen molar-refractivity contribution in [1.82, 2.24) is 4.57 Å². The van der Waals surface area contributed by atoms with Crippen LogP contribution in [0.4, 0.5) is 34.1 Å². The summed E-state index contributed by atoms with van der Waals surface area (Å²) in [6.07, 6.45) is 0. The Balaban J connectivity index is 0.000000114. The minimum atomic E-state index is -2.95. The fraction of sp³-hybridized carbons (Fsp3) is 0.0625. The van der Waals surface area contributed by atoms with Crippen LogP contribution >= 0.6 is 11.3 Å². The van der Waals surface area contributed by atoms with Crippen LogP contribution in [0.1, 0.15) is 84.4 Å². The quantitative estimate of drug-likeness (QED) is 0.121. The second kappa shape index (κ2) is 31.2. The second-order valence-electron chi connectivity index (χ2n) is 38.8. The first-order chi connectivity index (χ1) is 73.5. The topological polar surface area (TPSA) is 24.6 Å². The number of hydrogen-bond donors (Lipinski definition) is 0. The summed E-state index contributed by atoms with van der Waals surface area (Å²) < 4.78 is 142. The average molecular weight is 1800 g/mol. The number of benzene rings is 19. The number of aromatic nitrogens is 1. The van der Waals surface area contributed by atoms with Gasteiger partial charge in [0.05, 0.1) is 37.3 Å². The van der Waals surface area contributed by atoms with Crippen molar-refractivity contribution in [2.75, 3.05) is 9.80 Å². The van der Waals surface area contributed by atoms with E-state index in [1.807, 2.05) is 108 Å². The first-order valence-electron chi connectivity index (χ1n) is 54.5. The Morgan fingerprint density at radius 3 is 1.39 bits per heavy atom. The predicted molar refractivity (Wildman–Crippen MR) is 589 cm³/mol. The summed E-state index contributed by atoms with van der Waals surface area (Å²) in [5.41, 5.74) is 36.6. The predicted octanol–water partition coefficient (Wildman–Crippen LogP) is 26.0. The molecule has 0 N–H and O–H groups in total. The van der Waals surface area contributed by atoms with Crippen molar-refractivity contribution >= 4 is 186 Å². The van der Waals surface area contributed by atoms with E-state index in [-0.39, 0.29) is 71.1 Å². The minimum Gasteiger partial charge on any atom is -0.470 e. The van der Waals surface area contributed by atoms with E-state index in [1.165, 1.54) is 134 Å². The van der Waals surface area contributed by atoms with Gasteiger partial charge in [-0.05, 0) is 275 Å². The summed E-state index contributed by atoms with van der Waals surface area (Å²) in [4.78, 5) is 3.48. The molecule has 7 aliphatic heterocycles. The van der Waals surface area contributed by atoms with Crippen molar-refractivity contribution in [3.63, 3.8) is 0 Å².